The number of carbonyl (C=O) groups is 1. The lowest BCUT2D eigenvalue weighted by molar-refractivity contribution is -0.462. The average molecular weight is 312 g/mol. The summed E-state index contributed by atoms with van der Waals surface area (Å²) in [5.41, 5.74) is 3.47. The molecule has 2 N–H and O–H groups in total. The molecule has 1 heterocycles. The quantitative estimate of drug-likeness (QED) is 0.807. The molecule has 2 atom stereocenters. The van der Waals surface area contributed by atoms with Crippen molar-refractivity contribution < 1.29 is 19.6 Å². The van der Waals surface area contributed by atoms with Gasteiger partial charge in [0.2, 0.25) is 5.71 Å². The molecule has 2 aliphatic carbocycles. The molecule has 23 heavy (non-hydrogen) atoms. The van der Waals surface area contributed by atoms with Crippen LogP contribution in [0.4, 0.5) is 0 Å². The average Bonchev–Trinajstić information content (AvgIpc) is 2.79. The molecule has 0 radical (unpaired) electrons. The second-order valence-corrected chi connectivity index (χ2v) is 6.36. The minimum absolute atomic E-state index is 0.0568. The summed E-state index contributed by atoms with van der Waals surface area (Å²) in [6.45, 7) is 3.76. The van der Waals surface area contributed by atoms with Crippen molar-refractivity contribution in [2.75, 3.05) is 14.1 Å². The highest BCUT2D eigenvalue weighted by atomic mass is 16.3. The van der Waals surface area contributed by atoms with Gasteiger partial charge < -0.3 is 15.2 Å². The minimum Gasteiger partial charge on any atom is -0.874 e. The van der Waals surface area contributed by atoms with Gasteiger partial charge in [0.05, 0.1) is 5.69 Å². The zero-order chi connectivity index (χ0) is 16.9. The van der Waals surface area contributed by atoms with Crippen molar-refractivity contribution in [3.05, 3.63) is 52.8 Å². The topological polar surface area (TPSA) is 79.2 Å². The lowest BCUT2D eigenvalue weighted by Crippen LogP contribution is -2.42. The lowest BCUT2D eigenvalue weighted by Gasteiger charge is -2.40. The number of H-pyrrole nitrogens is 1. The number of aromatic amines is 1. The first kappa shape index (κ1) is 15.3. The molecule has 5 nitrogen and oxygen atoms in total. The number of aryl methyl sites for hydroxylation is 2. The molecule has 1 aromatic heterocycles. The van der Waals surface area contributed by atoms with E-state index in [1.54, 1.807) is 12.2 Å². The molecule has 0 amide bonds. The van der Waals surface area contributed by atoms with E-state index in [1.165, 1.54) is 0 Å². The van der Waals surface area contributed by atoms with Gasteiger partial charge in [-0.3, -0.25) is 4.79 Å². The number of aliphatic hydroxyl groups excluding tert-OH is 1. The van der Waals surface area contributed by atoms with Crippen molar-refractivity contribution in [2.24, 2.45) is 11.8 Å². The summed E-state index contributed by atoms with van der Waals surface area (Å²) >= 11 is 0. The Balaban J connectivity index is 1.95. The zero-order valence-electron chi connectivity index (χ0n) is 13.7. The largest absolute Gasteiger partial charge is 0.874 e. The molecular formula is C18H20N2O3. The molecule has 0 saturated heterocycles. The van der Waals surface area contributed by atoms with Crippen LogP contribution in [0.2, 0.25) is 0 Å². The number of rotatable bonds is 2. The van der Waals surface area contributed by atoms with Crippen LogP contribution in [0.3, 0.4) is 0 Å². The first-order valence-electron chi connectivity index (χ1n) is 7.56. The van der Waals surface area contributed by atoms with Crippen LogP contribution in [-0.2, 0) is 4.79 Å². The summed E-state index contributed by atoms with van der Waals surface area (Å²) in [6.07, 6.45) is 5.16. The van der Waals surface area contributed by atoms with E-state index >= 15 is 0 Å². The maximum Gasteiger partial charge on any atom is 0.202 e. The Labute approximate surface area is 135 Å². The van der Waals surface area contributed by atoms with E-state index in [1.807, 2.05) is 44.7 Å². The molecule has 0 saturated carbocycles. The van der Waals surface area contributed by atoms with Crippen LogP contribution in [0.25, 0.3) is 5.57 Å². The normalized spacial score (nSPS) is 23.9. The van der Waals surface area contributed by atoms with Crippen molar-refractivity contribution >= 4 is 17.1 Å². The highest BCUT2D eigenvalue weighted by molar-refractivity contribution is 6.29. The summed E-state index contributed by atoms with van der Waals surface area (Å²) < 4.78 is 1.86. The van der Waals surface area contributed by atoms with Crippen LogP contribution in [0, 0.1) is 25.7 Å². The standard InChI is InChI=1S/C18H20N2O3/c1-9-7-10(2)19-16(9)15-17(22)14(18(15)23)12-6-5-11(20(3)4)8-13(12)21/h5-8,12,14,19H,1-4H3,(H,22,23). The lowest BCUT2D eigenvalue weighted by atomic mass is 9.71. The predicted octanol–water partition coefficient (Wildman–Crippen LogP) is 1.24. The number of hydrogen-bond donors (Lipinski definition) is 2. The second-order valence-electron chi connectivity index (χ2n) is 6.36. The summed E-state index contributed by atoms with van der Waals surface area (Å²) in [5, 5.41) is 22.7. The minimum atomic E-state index is -0.816. The third-order valence-electron chi connectivity index (χ3n) is 4.44. The summed E-state index contributed by atoms with van der Waals surface area (Å²) in [6, 6.07) is 1.91. The van der Waals surface area contributed by atoms with Gasteiger partial charge in [-0.05, 0) is 25.5 Å². The van der Waals surface area contributed by atoms with E-state index in [2.05, 4.69) is 4.98 Å². The van der Waals surface area contributed by atoms with Gasteiger partial charge in [-0.2, -0.15) is 0 Å². The van der Waals surface area contributed by atoms with Crippen molar-refractivity contribution in [3.63, 3.8) is 0 Å². The maximum absolute atomic E-state index is 12.5. The van der Waals surface area contributed by atoms with Gasteiger partial charge in [0.25, 0.3) is 0 Å². The molecule has 0 bridgehead atoms. The van der Waals surface area contributed by atoms with Gasteiger partial charge in [0.15, 0.2) is 5.78 Å². The second kappa shape index (κ2) is 5.26. The number of aliphatic hydroxyl groups is 1. The summed E-state index contributed by atoms with van der Waals surface area (Å²) in [4.78, 5) is 15.6. The Hall–Kier alpha value is -2.56. The Kier molecular flexibility index (Phi) is 3.51. The number of nitrogens with one attached hydrogen (secondary N) is 1. The fourth-order valence-corrected chi connectivity index (χ4v) is 3.19. The van der Waals surface area contributed by atoms with Crippen molar-refractivity contribution in [3.8, 4) is 0 Å². The zero-order valence-corrected chi connectivity index (χ0v) is 13.7. The molecular weight excluding hydrogens is 292 g/mol. The van der Waals surface area contributed by atoms with Crippen LogP contribution in [0.5, 0.6) is 0 Å². The predicted molar refractivity (Wildman–Crippen MR) is 86.1 cm³/mol. The van der Waals surface area contributed by atoms with Crippen LogP contribution in [-0.4, -0.2) is 40.3 Å². The number of ketones is 1. The Morgan fingerprint density at radius 1 is 1.30 bits per heavy atom. The molecule has 5 heteroatoms. The molecule has 0 fully saturated rings. The van der Waals surface area contributed by atoms with E-state index in [4.69, 9.17) is 0 Å². The first-order chi connectivity index (χ1) is 10.8. The molecule has 2 unspecified atom stereocenters. The fraction of sp³-hybridized carbons (Fsp3) is 0.333. The summed E-state index contributed by atoms with van der Waals surface area (Å²) in [7, 11) is 3.73. The highest BCUT2D eigenvalue weighted by Crippen LogP contribution is 2.42. The molecule has 2 aliphatic rings. The number of carbonyl (C=O) groups excluding carboxylic acids is 1. The van der Waals surface area contributed by atoms with Crippen LogP contribution >= 0.6 is 0 Å². The molecule has 120 valence electrons. The van der Waals surface area contributed by atoms with E-state index in [0.717, 1.165) is 17.0 Å². The number of aromatic nitrogens is 1. The van der Waals surface area contributed by atoms with Gasteiger partial charge in [0, 0.05) is 35.3 Å². The third-order valence-corrected chi connectivity index (χ3v) is 4.44. The number of hydrogen-bond acceptors (Lipinski definition) is 3. The third kappa shape index (κ3) is 2.32. The molecule has 1 aromatic rings. The van der Waals surface area contributed by atoms with Gasteiger partial charge in [-0.25, -0.2) is 4.58 Å². The maximum atomic E-state index is 12.5. The van der Waals surface area contributed by atoms with Crippen molar-refractivity contribution in [1.29, 1.82) is 0 Å². The van der Waals surface area contributed by atoms with Gasteiger partial charge >= 0.3 is 0 Å². The van der Waals surface area contributed by atoms with Crippen LogP contribution < -0.4 is 5.11 Å². The molecule has 0 spiro atoms. The Bertz CT molecular complexity index is 817. The smallest absolute Gasteiger partial charge is 0.202 e. The Morgan fingerprint density at radius 3 is 2.48 bits per heavy atom. The van der Waals surface area contributed by atoms with Crippen molar-refractivity contribution in [1.82, 2.24) is 4.98 Å². The van der Waals surface area contributed by atoms with E-state index in [9.17, 15) is 15.0 Å². The number of allylic oxidation sites excluding steroid dienone is 5. The summed E-state index contributed by atoms with van der Waals surface area (Å²) in [5.74, 6) is -1.74. The van der Waals surface area contributed by atoms with Gasteiger partial charge in [-0.1, -0.05) is 6.08 Å². The first-order valence-corrected chi connectivity index (χ1v) is 7.56. The number of Topliss-reactive ketones (excluding diaryl/α,β-unsaturated/α-hetero) is 1. The van der Waals surface area contributed by atoms with Crippen LogP contribution in [0.15, 0.2) is 35.8 Å². The SMILES string of the molecule is Cc1cc(C)c(C2=C([O-])C(C3C=CC(=[N+](C)C)C=C3O)C2=O)[nH]1. The molecule has 0 aromatic carbocycles. The van der Waals surface area contributed by atoms with Gasteiger partial charge in [-0.15, -0.1) is 5.76 Å². The van der Waals surface area contributed by atoms with Crippen molar-refractivity contribution in [2.45, 2.75) is 13.8 Å². The highest BCUT2D eigenvalue weighted by Gasteiger charge is 2.42. The van der Waals surface area contributed by atoms with E-state index < -0.39 is 11.8 Å². The van der Waals surface area contributed by atoms with E-state index in [-0.39, 0.29) is 22.9 Å². The number of nitrogens with zero attached hydrogens (tertiary/aromatic N) is 1. The van der Waals surface area contributed by atoms with E-state index in [0.29, 0.717) is 5.69 Å². The monoisotopic (exact) mass is 312 g/mol. The Morgan fingerprint density at radius 2 is 2.00 bits per heavy atom. The fourth-order valence-electron chi connectivity index (χ4n) is 3.19. The van der Waals surface area contributed by atoms with Gasteiger partial charge in [0.1, 0.15) is 19.9 Å². The van der Waals surface area contributed by atoms with Crippen LogP contribution in [0.1, 0.15) is 17.0 Å². The molecule has 3 rings (SSSR count). The molecule has 0 aliphatic heterocycles.